The van der Waals surface area contributed by atoms with E-state index in [4.69, 9.17) is 0 Å². The molecule has 1 rings (SSSR count). The van der Waals surface area contributed by atoms with Crippen molar-refractivity contribution in [3.63, 3.8) is 0 Å². The van der Waals surface area contributed by atoms with Crippen molar-refractivity contribution in [3.8, 4) is 0 Å². The highest BCUT2D eigenvalue weighted by molar-refractivity contribution is 4.81. The first-order valence-electron chi connectivity index (χ1n) is 2.65. The highest BCUT2D eigenvalue weighted by Crippen LogP contribution is 2.02. The summed E-state index contributed by atoms with van der Waals surface area (Å²) in [5.74, 6) is 0. The summed E-state index contributed by atoms with van der Waals surface area (Å²) in [4.78, 5) is 9.75. The van der Waals surface area contributed by atoms with Gasteiger partial charge in [-0.3, -0.25) is 10.1 Å². The molecule has 1 N–H and O–H groups in total. The van der Waals surface area contributed by atoms with Crippen LogP contribution in [0.25, 0.3) is 0 Å². The van der Waals surface area contributed by atoms with E-state index < -0.39 is 6.04 Å². The van der Waals surface area contributed by atoms with Crippen molar-refractivity contribution in [3.05, 3.63) is 16.7 Å². The topological polar surface area (TPSA) is 58.4 Å². The second kappa shape index (κ2) is 2.28. The number of nitro groups is 1. The van der Waals surface area contributed by atoms with Crippen LogP contribution in [0.4, 0.5) is 0 Å². The molecule has 1 aliphatic heterocycles. The van der Waals surface area contributed by atoms with Crippen LogP contribution in [0.5, 0.6) is 0 Å². The van der Waals surface area contributed by atoms with Crippen molar-refractivity contribution in [1.82, 2.24) is 10.4 Å². The predicted molar refractivity (Wildman–Crippen MR) is 30.8 cm³/mol. The molecule has 0 aliphatic carbocycles. The third-order valence-electron chi connectivity index (χ3n) is 1.22. The lowest BCUT2D eigenvalue weighted by atomic mass is 10.3. The Kier molecular flexibility index (Phi) is 1.63. The summed E-state index contributed by atoms with van der Waals surface area (Å²) in [6.07, 6.45) is 0. The van der Waals surface area contributed by atoms with Gasteiger partial charge in [-0.1, -0.05) is 0 Å². The van der Waals surface area contributed by atoms with Gasteiger partial charge in [-0.05, 0) is 0 Å². The van der Waals surface area contributed by atoms with Crippen LogP contribution >= 0.6 is 0 Å². The molecule has 1 atom stereocenters. The molecule has 9 heavy (non-hydrogen) atoms. The Morgan fingerprint density at radius 3 is 2.89 bits per heavy atom. The first kappa shape index (κ1) is 6.44. The first-order valence-corrected chi connectivity index (χ1v) is 2.65. The maximum absolute atomic E-state index is 10.1. The highest BCUT2D eigenvalue weighted by Gasteiger charge is 2.28. The molecule has 1 heterocycles. The summed E-state index contributed by atoms with van der Waals surface area (Å²) in [7, 11) is 1.74. The Hall–Kier alpha value is -0.680. The number of nitrogens with zero attached hydrogens (tertiary/aromatic N) is 2. The van der Waals surface area contributed by atoms with Crippen molar-refractivity contribution >= 4 is 0 Å². The fraction of sp³-hybridized carbons (Fsp3) is 0.750. The average molecular weight is 130 g/mol. The van der Waals surface area contributed by atoms with Crippen LogP contribution in [0.3, 0.4) is 0 Å². The summed E-state index contributed by atoms with van der Waals surface area (Å²) in [5, 5.41) is 11.7. The lowest BCUT2D eigenvalue weighted by Gasteiger charge is -2.01. The maximum Gasteiger partial charge on any atom is 0.245 e. The van der Waals surface area contributed by atoms with E-state index >= 15 is 0 Å². The van der Waals surface area contributed by atoms with Gasteiger partial charge in [0.25, 0.3) is 0 Å². The van der Waals surface area contributed by atoms with Crippen molar-refractivity contribution in [2.24, 2.45) is 0 Å². The number of rotatable bonds is 1. The van der Waals surface area contributed by atoms with Gasteiger partial charge in [-0.2, -0.15) is 0 Å². The fourth-order valence-electron chi connectivity index (χ4n) is 0.730. The van der Waals surface area contributed by atoms with E-state index in [1.165, 1.54) is 0 Å². The number of likely N-dealkylation sites (N-methyl/N-ethyl adjacent to an activating group) is 1. The summed E-state index contributed by atoms with van der Waals surface area (Å²) in [6.45, 7) is 1.95. The molecular weight excluding hydrogens is 122 g/mol. The Bertz CT molecular complexity index is 127. The third-order valence-corrected chi connectivity index (χ3v) is 1.22. The monoisotopic (exact) mass is 130 g/mol. The van der Waals surface area contributed by atoms with Gasteiger partial charge in [0.1, 0.15) is 6.54 Å². The Labute approximate surface area is 52.8 Å². The molecule has 1 unspecified atom stereocenters. The quantitative estimate of drug-likeness (QED) is 0.374. The molecule has 1 saturated heterocycles. The van der Waals surface area contributed by atoms with Gasteiger partial charge in [-0.15, -0.1) is 0 Å². The smallest absolute Gasteiger partial charge is 0.245 e. The standard InChI is InChI=1S/C4H8N3O2/c1-6-3-4(2-5-6)7(8)9/h3-5H,2H2,1H3. The normalized spacial score (nSPS) is 28.8. The zero-order valence-electron chi connectivity index (χ0n) is 5.07. The van der Waals surface area contributed by atoms with Crippen molar-refractivity contribution in [1.29, 1.82) is 0 Å². The number of hydrogen-bond acceptors (Lipinski definition) is 4. The summed E-state index contributed by atoms with van der Waals surface area (Å²) in [5.41, 5.74) is 2.79. The minimum Gasteiger partial charge on any atom is -0.264 e. The molecular formula is C4H8N3O2. The molecule has 0 bridgehead atoms. The van der Waals surface area contributed by atoms with Gasteiger partial charge in [-0.25, -0.2) is 10.4 Å². The van der Waals surface area contributed by atoms with Crippen LogP contribution in [0.15, 0.2) is 0 Å². The lowest BCUT2D eigenvalue weighted by Crippen LogP contribution is -2.24. The summed E-state index contributed by atoms with van der Waals surface area (Å²) >= 11 is 0. The SMILES string of the molecule is CN1[CH]C([N+](=O)[O-])CN1. The first-order chi connectivity index (χ1) is 4.20. The van der Waals surface area contributed by atoms with Crippen LogP contribution in [-0.2, 0) is 0 Å². The molecule has 5 nitrogen and oxygen atoms in total. The van der Waals surface area contributed by atoms with E-state index in [-0.39, 0.29) is 4.92 Å². The maximum atomic E-state index is 10.1. The molecule has 51 valence electrons. The van der Waals surface area contributed by atoms with Crippen LogP contribution < -0.4 is 5.43 Å². The van der Waals surface area contributed by atoms with Crippen LogP contribution in [-0.4, -0.2) is 29.6 Å². The summed E-state index contributed by atoms with van der Waals surface area (Å²) in [6, 6.07) is -0.546. The van der Waals surface area contributed by atoms with Gasteiger partial charge in [0.05, 0.1) is 6.54 Å². The number of nitrogens with one attached hydrogen (secondary N) is 1. The van der Waals surface area contributed by atoms with Gasteiger partial charge in [0.15, 0.2) is 0 Å². The largest absolute Gasteiger partial charge is 0.264 e. The van der Waals surface area contributed by atoms with E-state index in [0.29, 0.717) is 6.54 Å². The van der Waals surface area contributed by atoms with Crippen molar-refractivity contribution < 1.29 is 4.92 Å². The lowest BCUT2D eigenvalue weighted by molar-refractivity contribution is -0.509. The number of hydrogen-bond donors (Lipinski definition) is 1. The zero-order chi connectivity index (χ0) is 6.85. The molecule has 0 spiro atoms. The molecule has 5 heteroatoms. The van der Waals surface area contributed by atoms with E-state index in [2.05, 4.69) is 5.43 Å². The second-order valence-electron chi connectivity index (χ2n) is 1.97. The highest BCUT2D eigenvalue weighted by atomic mass is 16.6. The molecule has 0 saturated carbocycles. The van der Waals surface area contributed by atoms with Crippen molar-refractivity contribution in [2.75, 3.05) is 13.6 Å². The average Bonchev–Trinajstić information content (AvgIpc) is 2.14. The zero-order valence-corrected chi connectivity index (χ0v) is 5.07. The van der Waals surface area contributed by atoms with Crippen LogP contribution in [0.2, 0.25) is 0 Å². The van der Waals surface area contributed by atoms with E-state index in [0.717, 1.165) is 0 Å². The number of hydrazine groups is 1. The van der Waals surface area contributed by atoms with E-state index in [1.54, 1.807) is 18.6 Å². The van der Waals surface area contributed by atoms with Crippen LogP contribution in [0, 0.1) is 16.7 Å². The van der Waals surface area contributed by atoms with E-state index in [9.17, 15) is 10.1 Å². The Balaban J connectivity index is 2.39. The molecule has 1 aliphatic rings. The van der Waals surface area contributed by atoms with Gasteiger partial charge < -0.3 is 0 Å². The minimum atomic E-state index is -0.546. The minimum absolute atomic E-state index is 0.309. The third kappa shape index (κ3) is 1.36. The van der Waals surface area contributed by atoms with Gasteiger partial charge in [0.2, 0.25) is 6.04 Å². The Morgan fingerprint density at radius 1 is 2.00 bits per heavy atom. The Morgan fingerprint density at radius 2 is 2.67 bits per heavy atom. The van der Waals surface area contributed by atoms with Gasteiger partial charge in [0, 0.05) is 12.0 Å². The molecule has 0 aromatic carbocycles. The van der Waals surface area contributed by atoms with Crippen molar-refractivity contribution in [2.45, 2.75) is 6.04 Å². The predicted octanol–water partition coefficient (Wildman–Crippen LogP) is -0.757. The molecule has 0 aromatic rings. The molecule has 0 amide bonds. The van der Waals surface area contributed by atoms with Gasteiger partial charge >= 0.3 is 0 Å². The van der Waals surface area contributed by atoms with E-state index in [1.807, 2.05) is 0 Å². The molecule has 1 radical (unpaired) electrons. The summed E-state index contributed by atoms with van der Waals surface area (Å²) < 4.78 is 0. The fourth-order valence-corrected chi connectivity index (χ4v) is 0.730. The second-order valence-corrected chi connectivity index (χ2v) is 1.97. The molecule has 0 aromatic heterocycles. The van der Waals surface area contributed by atoms with Crippen LogP contribution in [0.1, 0.15) is 0 Å². The molecule has 1 fully saturated rings.